The highest BCUT2D eigenvalue weighted by Gasteiger charge is 2.08. The molecule has 0 aliphatic heterocycles. The number of hydrogen-bond donors (Lipinski definition) is 0. The normalized spacial score (nSPS) is 9.94. The van der Waals surface area contributed by atoms with Crippen molar-refractivity contribution in [2.45, 2.75) is 13.3 Å². The van der Waals surface area contributed by atoms with Crippen LogP contribution in [0.4, 0.5) is 0 Å². The van der Waals surface area contributed by atoms with Crippen LogP contribution in [0.3, 0.4) is 0 Å². The van der Waals surface area contributed by atoms with Crippen molar-refractivity contribution >= 4 is 35.0 Å². The maximum Gasteiger partial charge on any atom is 0.302 e. The van der Waals surface area contributed by atoms with E-state index >= 15 is 0 Å². The largest absolute Gasteiger partial charge is 0.465 e. The Morgan fingerprint density at radius 3 is 2.50 bits per heavy atom. The molecule has 1 aromatic carbocycles. The van der Waals surface area contributed by atoms with E-state index in [0.717, 1.165) is 0 Å². The maximum atomic E-state index is 11.6. The van der Waals surface area contributed by atoms with Crippen molar-refractivity contribution in [2.24, 2.45) is 0 Å². The van der Waals surface area contributed by atoms with E-state index in [-0.39, 0.29) is 18.8 Å². The molecule has 0 fully saturated rings. The molecule has 0 spiro atoms. The van der Waals surface area contributed by atoms with Crippen LogP contribution in [-0.4, -0.2) is 18.4 Å². The van der Waals surface area contributed by atoms with E-state index in [4.69, 9.17) is 23.2 Å². The molecule has 0 radical (unpaired) electrons. The summed E-state index contributed by atoms with van der Waals surface area (Å²) in [6.07, 6.45) is 0.136. The zero-order chi connectivity index (χ0) is 12.1. The molecule has 86 valence electrons. The predicted octanol–water partition coefficient (Wildman–Crippen LogP) is 3.13. The quantitative estimate of drug-likeness (QED) is 0.617. The van der Waals surface area contributed by atoms with Crippen LogP contribution in [0.2, 0.25) is 10.0 Å². The van der Waals surface area contributed by atoms with Gasteiger partial charge in [0.2, 0.25) is 0 Å². The molecule has 5 heteroatoms. The number of esters is 1. The van der Waals surface area contributed by atoms with Gasteiger partial charge in [-0.25, -0.2) is 0 Å². The highest BCUT2D eigenvalue weighted by Crippen LogP contribution is 2.23. The van der Waals surface area contributed by atoms with Gasteiger partial charge in [0.05, 0.1) is 16.7 Å². The smallest absolute Gasteiger partial charge is 0.302 e. The fraction of sp³-hybridized carbons (Fsp3) is 0.273. The molecule has 3 nitrogen and oxygen atoms in total. The lowest BCUT2D eigenvalue weighted by Crippen LogP contribution is -2.07. The van der Waals surface area contributed by atoms with Crippen molar-refractivity contribution in [1.29, 1.82) is 0 Å². The van der Waals surface area contributed by atoms with Gasteiger partial charge < -0.3 is 4.74 Å². The van der Waals surface area contributed by atoms with Gasteiger partial charge in [-0.2, -0.15) is 0 Å². The number of hydrogen-bond acceptors (Lipinski definition) is 3. The first kappa shape index (κ1) is 13.0. The van der Waals surface area contributed by atoms with Crippen molar-refractivity contribution in [3.05, 3.63) is 33.8 Å². The molecular weight excluding hydrogens is 251 g/mol. The average molecular weight is 261 g/mol. The minimum absolute atomic E-state index is 0.0778. The van der Waals surface area contributed by atoms with E-state index in [2.05, 4.69) is 4.74 Å². The Morgan fingerprint density at radius 1 is 1.25 bits per heavy atom. The van der Waals surface area contributed by atoms with Crippen LogP contribution in [0.25, 0.3) is 0 Å². The second kappa shape index (κ2) is 5.87. The van der Waals surface area contributed by atoms with E-state index in [0.29, 0.717) is 15.6 Å². The first-order valence-electron chi connectivity index (χ1n) is 4.62. The Morgan fingerprint density at radius 2 is 1.94 bits per heavy atom. The SMILES string of the molecule is CC(=O)OCCC(=O)c1ccc(Cl)c(Cl)c1. The van der Waals surface area contributed by atoms with Crippen molar-refractivity contribution in [3.8, 4) is 0 Å². The summed E-state index contributed by atoms with van der Waals surface area (Å²) in [6.45, 7) is 1.37. The number of halogens is 2. The minimum Gasteiger partial charge on any atom is -0.465 e. The van der Waals surface area contributed by atoms with Gasteiger partial charge in [-0.05, 0) is 18.2 Å². The summed E-state index contributed by atoms with van der Waals surface area (Å²) in [5.74, 6) is -0.540. The van der Waals surface area contributed by atoms with Gasteiger partial charge in [-0.3, -0.25) is 9.59 Å². The molecule has 0 amide bonds. The molecule has 16 heavy (non-hydrogen) atoms. The van der Waals surface area contributed by atoms with Crippen LogP contribution in [0.1, 0.15) is 23.7 Å². The highest BCUT2D eigenvalue weighted by molar-refractivity contribution is 6.42. The van der Waals surface area contributed by atoms with E-state index in [1.807, 2.05) is 0 Å². The third-order valence-electron chi connectivity index (χ3n) is 1.88. The van der Waals surface area contributed by atoms with E-state index < -0.39 is 5.97 Å². The Hall–Kier alpha value is -1.06. The van der Waals surface area contributed by atoms with Gasteiger partial charge in [0, 0.05) is 18.9 Å². The van der Waals surface area contributed by atoms with Gasteiger partial charge in [-0.15, -0.1) is 0 Å². The Labute approximate surface area is 103 Å². The molecule has 1 rings (SSSR count). The summed E-state index contributed by atoms with van der Waals surface area (Å²) < 4.78 is 4.67. The third kappa shape index (κ3) is 3.83. The van der Waals surface area contributed by atoms with Gasteiger partial charge in [0.25, 0.3) is 0 Å². The molecule has 0 unspecified atom stereocenters. The number of ether oxygens (including phenoxy) is 1. The third-order valence-corrected chi connectivity index (χ3v) is 2.62. The number of carbonyl (C=O) groups excluding carboxylic acids is 2. The lowest BCUT2D eigenvalue weighted by Gasteiger charge is -2.03. The monoisotopic (exact) mass is 260 g/mol. The van der Waals surface area contributed by atoms with E-state index in [9.17, 15) is 9.59 Å². The molecule has 0 saturated heterocycles. The highest BCUT2D eigenvalue weighted by atomic mass is 35.5. The lowest BCUT2D eigenvalue weighted by molar-refractivity contribution is -0.140. The second-order valence-corrected chi connectivity index (χ2v) is 3.96. The van der Waals surface area contributed by atoms with Crippen LogP contribution < -0.4 is 0 Å². The second-order valence-electron chi connectivity index (χ2n) is 3.14. The van der Waals surface area contributed by atoms with Crippen molar-refractivity contribution in [2.75, 3.05) is 6.61 Å². The number of benzene rings is 1. The lowest BCUT2D eigenvalue weighted by atomic mass is 10.1. The fourth-order valence-corrected chi connectivity index (χ4v) is 1.40. The van der Waals surface area contributed by atoms with Gasteiger partial charge in [0.1, 0.15) is 0 Å². The van der Waals surface area contributed by atoms with E-state index in [1.54, 1.807) is 12.1 Å². The number of carbonyl (C=O) groups is 2. The van der Waals surface area contributed by atoms with Crippen LogP contribution >= 0.6 is 23.2 Å². The molecule has 1 aromatic rings. The number of rotatable bonds is 4. The summed E-state index contributed by atoms with van der Waals surface area (Å²) in [5, 5.41) is 0.734. The van der Waals surface area contributed by atoms with Gasteiger partial charge in [0.15, 0.2) is 5.78 Å². The van der Waals surface area contributed by atoms with Gasteiger partial charge >= 0.3 is 5.97 Å². The van der Waals surface area contributed by atoms with Crippen LogP contribution in [0.15, 0.2) is 18.2 Å². The number of ketones is 1. The summed E-state index contributed by atoms with van der Waals surface area (Å²) >= 11 is 11.5. The zero-order valence-corrected chi connectivity index (χ0v) is 10.1. The molecule has 0 aromatic heterocycles. The molecule has 0 heterocycles. The molecular formula is C11H10Cl2O3. The van der Waals surface area contributed by atoms with Gasteiger partial charge in [-0.1, -0.05) is 23.2 Å². The minimum atomic E-state index is -0.401. The summed E-state index contributed by atoms with van der Waals surface area (Å²) in [5.41, 5.74) is 0.460. The molecule has 0 bridgehead atoms. The van der Waals surface area contributed by atoms with Crippen molar-refractivity contribution < 1.29 is 14.3 Å². The fourth-order valence-electron chi connectivity index (χ4n) is 1.10. The van der Waals surface area contributed by atoms with Crippen LogP contribution in [-0.2, 0) is 9.53 Å². The molecule has 0 aliphatic rings. The first-order valence-corrected chi connectivity index (χ1v) is 5.38. The zero-order valence-electron chi connectivity index (χ0n) is 8.63. The summed E-state index contributed by atoms with van der Waals surface area (Å²) in [6, 6.07) is 4.65. The van der Waals surface area contributed by atoms with E-state index in [1.165, 1.54) is 13.0 Å². The van der Waals surface area contributed by atoms with Crippen molar-refractivity contribution in [3.63, 3.8) is 0 Å². The van der Waals surface area contributed by atoms with Crippen LogP contribution in [0, 0.1) is 0 Å². The maximum absolute atomic E-state index is 11.6. The van der Waals surface area contributed by atoms with Crippen molar-refractivity contribution in [1.82, 2.24) is 0 Å². The molecule has 0 N–H and O–H groups in total. The first-order chi connectivity index (χ1) is 7.50. The summed E-state index contributed by atoms with van der Waals surface area (Å²) in [4.78, 5) is 22.1. The summed E-state index contributed by atoms with van der Waals surface area (Å²) in [7, 11) is 0. The molecule has 0 atom stereocenters. The molecule has 0 aliphatic carbocycles. The Bertz CT molecular complexity index is 416. The number of Topliss-reactive ketones (excluding diaryl/α,β-unsaturated/α-hetero) is 1. The Balaban J connectivity index is 2.59. The Kier molecular flexibility index (Phi) is 4.77. The van der Waals surface area contributed by atoms with Crippen LogP contribution in [0.5, 0.6) is 0 Å². The predicted molar refractivity (Wildman–Crippen MR) is 62.0 cm³/mol. The topological polar surface area (TPSA) is 43.4 Å². The average Bonchev–Trinajstić information content (AvgIpc) is 2.21. The molecule has 0 saturated carbocycles. The standard InChI is InChI=1S/C11H10Cl2O3/c1-7(14)16-5-4-11(15)8-2-3-9(12)10(13)6-8/h2-3,6H,4-5H2,1H3.